The number of hydrogen-bond acceptors (Lipinski definition) is 3. The van der Waals surface area contributed by atoms with Crippen molar-refractivity contribution in [2.45, 2.75) is 19.8 Å². The van der Waals surface area contributed by atoms with Gasteiger partial charge < -0.3 is 0 Å². The van der Waals surface area contributed by atoms with Crippen LogP contribution in [0, 0.1) is 3.57 Å². The summed E-state index contributed by atoms with van der Waals surface area (Å²) in [7, 11) is 0. The second-order valence-electron chi connectivity index (χ2n) is 3.58. The van der Waals surface area contributed by atoms with Gasteiger partial charge in [-0.25, -0.2) is 9.97 Å². The predicted octanol–water partition coefficient (Wildman–Crippen LogP) is 5.83. The summed E-state index contributed by atoms with van der Waals surface area (Å²) in [6.07, 6.45) is 1.92. The van der Waals surface area contributed by atoms with Gasteiger partial charge in [0.2, 0.25) is 0 Å². The molecule has 2 aromatic heterocycles. The molecule has 7 heteroatoms. The molecule has 0 bridgehead atoms. The Kier molecular flexibility index (Phi) is 5.28. The van der Waals surface area contributed by atoms with Crippen molar-refractivity contribution in [3.8, 4) is 10.7 Å². The fourth-order valence-electron chi connectivity index (χ4n) is 1.43. The van der Waals surface area contributed by atoms with Crippen molar-refractivity contribution in [1.82, 2.24) is 9.97 Å². The SMILES string of the molecule is CCCc1nc(-c2cc(Br)c(Cl)s2)nc(Cl)c1I. The van der Waals surface area contributed by atoms with Gasteiger partial charge in [-0.3, -0.25) is 0 Å². The third-order valence-electron chi connectivity index (χ3n) is 2.23. The zero-order valence-corrected chi connectivity index (χ0v) is 15.4. The van der Waals surface area contributed by atoms with Gasteiger partial charge >= 0.3 is 0 Å². The van der Waals surface area contributed by atoms with E-state index in [-0.39, 0.29) is 0 Å². The summed E-state index contributed by atoms with van der Waals surface area (Å²) in [5.74, 6) is 0.640. The Morgan fingerprint density at radius 3 is 2.67 bits per heavy atom. The van der Waals surface area contributed by atoms with Gasteiger partial charge in [-0.2, -0.15) is 0 Å². The van der Waals surface area contributed by atoms with E-state index in [4.69, 9.17) is 23.2 Å². The van der Waals surface area contributed by atoms with Gasteiger partial charge in [0.1, 0.15) is 9.49 Å². The van der Waals surface area contributed by atoms with Crippen LogP contribution in [0.2, 0.25) is 9.49 Å². The molecule has 0 fully saturated rings. The Balaban J connectivity index is 2.51. The van der Waals surface area contributed by atoms with E-state index in [0.29, 0.717) is 15.3 Å². The molecule has 0 saturated heterocycles. The first-order chi connectivity index (χ1) is 8.52. The van der Waals surface area contributed by atoms with Crippen molar-refractivity contribution < 1.29 is 0 Å². The third kappa shape index (κ3) is 3.17. The summed E-state index contributed by atoms with van der Waals surface area (Å²) in [6, 6.07) is 1.92. The van der Waals surface area contributed by atoms with Gasteiger partial charge in [-0.05, 0) is 51.0 Å². The fourth-order valence-corrected chi connectivity index (χ4v) is 3.77. The smallest absolute Gasteiger partial charge is 0.171 e. The summed E-state index contributed by atoms with van der Waals surface area (Å²) in [6.45, 7) is 2.12. The molecule has 0 atom stereocenters. The van der Waals surface area contributed by atoms with Crippen molar-refractivity contribution in [2.24, 2.45) is 0 Å². The standard InChI is InChI=1S/C11H8BrCl2IN2S/c1-2-3-6-8(15)9(13)17-11(16-6)7-4-5(12)10(14)18-7/h4H,2-3H2,1H3. The second-order valence-corrected chi connectivity index (χ2v) is 7.53. The molecule has 0 radical (unpaired) electrons. The minimum Gasteiger partial charge on any atom is -0.231 e. The fraction of sp³-hybridized carbons (Fsp3) is 0.273. The van der Waals surface area contributed by atoms with Gasteiger partial charge in [-0.1, -0.05) is 36.5 Å². The Bertz CT molecular complexity index is 569. The molecule has 0 N–H and O–H groups in total. The van der Waals surface area contributed by atoms with Crippen LogP contribution in [0.1, 0.15) is 19.0 Å². The molecular formula is C11H8BrCl2IN2S. The Morgan fingerprint density at radius 2 is 2.11 bits per heavy atom. The van der Waals surface area contributed by atoms with Crippen LogP contribution in [-0.4, -0.2) is 9.97 Å². The average molecular weight is 478 g/mol. The molecule has 0 amide bonds. The van der Waals surface area contributed by atoms with Crippen molar-refractivity contribution in [1.29, 1.82) is 0 Å². The van der Waals surface area contributed by atoms with E-state index >= 15 is 0 Å². The van der Waals surface area contributed by atoms with Crippen molar-refractivity contribution in [3.05, 3.63) is 29.3 Å². The normalized spacial score (nSPS) is 10.9. The van der Waals surface area contributed by atoms with E-state index in [9.17, 15) is 0 Å². The summed E-state index contributed by atoms with van der Waals surface area (Å²) in [5.41, 5.74) is 0.994. The Labute approximate surface area is 141 Å². The maximum Gasteiger partial charge on any atom is 0.171 e. The second kappa shape index (κ2) is 6.35. The molecule has 0 aliphatic carbocycles. The maximum atomic E-state index is 6.15. The molecule has 0 unspecified atom stereocenters. The maximum absolute atomic E-state index is 6.15. The number of nitrogens with zero attached hydrogens (tertiary/aromatic N) is 2. The van der Waals surface area contributed by atoms with Crippen LogP contribution in [0.5, 0.6) is 0 Å². The minimum absolute atomic E-state index is 0.504. The van der Waals surface area contributed by atoms with Crippen LogP contribution in [0.15, 0.2) is 10.5 Å². The lowest BCUT2D eigenvalue weighted by molar-refractivity contribution is 0.868. The predicted molar refractivity (Wildman–Crippen MR) is 89.8 cm³/mol. The number of aromatic nitrogens is 2. The zero-order valence-electron chi connectivity index (χ0n) is 9.31. The first-order valence-corrected chi connectivity index (χ1v) is 8.64. The van der Waals surface area contributed by atoms with E-state index in [1.807, 2.05) is 6.07 Å². The number of halogens is 4. The molecule has 96 valence electrons. The van der Waals surface area contributed by atoms with E-state index in [1.165, 1.54) is 11.3 Å². The lowest BCUT2D eigenvalue weighted by Crippen LogP contribution is -1.99. The van der Waals surface area contributed by atoms with E-state index in [2.05, 4.69) is 55.4 Å². The average Bonchev–Trinajstić information content (AvgIpc) is 2.65. The summed E-state index contributed by atoms with van der Waals surface area (Å²) in [4.78, 5) is 9.81. The highest BCUT2D eigenvalue weighted by molar-refractivity contribution is 14.1. The molecular weight excluding hydrogens is 470 g/mol. The van der Waals surface area contributed by atoms with Crippen molar-refractivity contribution in [3.63, 3.8) is 0 Å². The topological polar surface area (TPSA) is 25.8 Å². The molecule has 2 nitrogen and oxygen atoms in total. The summed E-state index contributed by atoms with van der Waals surface area (Å²) < 4.78 is 2.49. The molecule has 2 heterocycles. The quantitative estimate of drug-likeness (QED) is 0.410. The number of aryl methyl sites for hydroxylation is 1. The van der Waals surface area contributed by atoms with Gasteiger partial charge in [0.05, 0.1) is 14.1 Å². The van der Waals surface area contributed by atoms with Crippen LogP contribution in [-0.2, 0) is 6.42 Å². The molecule has 0 aromatic carbocycles. The molecule has 18 heavy (non-hydrogen) atoms. The number of thiophene rings is 1. The van der Waals surface area contributed by atoms with Gasteiger partial charge in [-0.15, -0.1) is 11.3 Å². The largest absolute Gasteiger partial charge is 0.231 e. The minimum atomic E-state index is 0.504. The van der Waals surface area contributed by atoms with Gasteiger partial charge in [0.15, 0.2) is 5.82 Å². The summed E-state index contributed by atoms with van der Waals surface area (Å²) >= 11 is 19.2. The van der Waals surface area contributed by atoms with Gasteiger partial charge in [0.25, 0.3) is 0 Å². The molecule has 0 saturated carbocycles. The van der Waals surface area contributed by atoms with Crippen LogP contribution < -0.4 is 0 Å². The first kappa shape index (κ1) is 15.0. The van der Waals surface area contributed by atoms with E-state index in [1.54, 1.807) is 0 Å². The third-order valence-corrected chi connectivity index (χ3v) is 6.43. The highest BCUT2D eigenvalue weighted by atomic mass is 127. The number of hydrogen-bond donors (Lipinski definition) is 0. The first-order valence-electron chi connectivity index (χ1n) is 5.20. The Morgan fingerprint density at radius 1 is 1.39 bits per heavy atom. The van der Waals surface area contributed by atoms with E-state index < -0.39 is 0 Å². The molecule has 2 rings (SSSR count). The molecule has 0 spiro atoms. The van der Waals surface area contributed by atoms with E-state index in [0.717, 1.165) is 31.5 Å². The van der Waals surface area contributed by atoms with Crippen molar-refractivity contribution in [2.75, 3.05) is 0 Å². The summed E-state index contributed by atoms with van der Waals surface area (Å²) in [5, 5.41) is 0.504. The Hall–Kier alpha value is 0.570. The van der Waals surface area contributed by atoms with Crippen LogP contribution in [0.25, 0.3) is 10.7 Å². The van der Waals surface area contributed by atoms with Crippen LogP contribution in [0.3, 0.4) is 0 Å². The molecule has 0 aliphatic heterocycles. The number of rotatable bonds is 3. The molecule has 2 aromatic rings. The highest BCUT2D eigenvalue weighted by Crippen LogP contribution is 2.37. The van der Waals surface area contributed by atoms with Crippen molar-refractivity contribution >= 4 is 73.1 Å². The highest BCUT2D eigenvalue weighted by Gasteiger charge is 2.14. The monoisotopic (exact) mass is 476 g/mol. The lowest BCUT2D eigenvalue weighted by Gasteiger charge is -2.06. The van der Waals surface area contributed by atoms with Crippen LogP contribution in [0.4, 0.5) is 0 Å². The van der Waals surface area contributed by atoms with Gasteiger partial charge in [0, 0.05) is 4.47 Å². The lowest BCUT2D eigenvalue weighted by atomic mass is 10.2. The zero-order chi connectivity index (χ0) is 13.3. The molecule has 0 aliphatic rings. The van der Waals surface area contributed by atoms with Crippen LogP contribution >= 0.6 is 73.1 Å².